The first-order valence-electron chi connectivity index (χ1n) is 8.80. The van der Waals surface area contributed by atoms with Crippen molar-refractivity contribution in [3.8, 4) is 0 Å². The van der Waals surface area contributed by atoms with Gasteiger partial charge in [-0.15, -0.1) is 0 Å². The first kappa shape index (κ1) is 17.6. The first-order chi connectivity index (χ1) is 11.9. The molecule has 6 nitrogen and oxygen atoms in total. The van der Waals surface area contributed by atoms with Crippen LogP contribution in [-0.4, -0.2) is 41.4 Å². The molecule has 2 aliphatic rings. The van der Waals surface area contributed by atoms with Crippen LogP contribution in [0.2, 0.25) is 0 Å². The number of esters is 1. The van der Waals surface area contributed by atoms with Gasteiger partial charge in [0.2, 0.25) is 17.4 Å². The van der Waals surface area contributed by atoms with Crippen LogP contribution in [0.4, 0.5) is 0 Å². The van der Waals surface area contributed by atoms with E-state index in [0.717, 1.165) is 11.1 Å². The second-order valence-corrected chi connectivity index (χ2v) is 6.98. The van der Waals surface area contributed by atoms with Gasteiger partial charge in [-0.05, 0) is 26.3 Å². The fraction of sp³-hybridized carbons (Fsp3) is 0.526. The second-order valence-electron chi connectivity index (χ2n) is 6.98. The molecule has 0 saturated carbocycles. The molecule has 0 radical (unpaired) electrons. The van der Waals surface area contributed by atoms with Crippen LogP contribution in [0.5, 0.6) is 0 Å². The van der Waals surface area contributed by atoms with Gasteiger partial charge in [-0.1, -0.05) is 24.3 Å². The van der Waals surface area contributed by atoms with Gasteiger partial charge in [0.1, 0.15) is 17.9 Å². The molecule has 6 heteroatoms. The predicted octanol–water partition coefficient (Wildman–Crippen LogP) is 0.556. The number of likely N-dealkylation sites (tertiary alicyclic amines) is 1. The molecule has 2 fully saturated rings. The van der Waals surface area contributed by atoms with E-state index in [0.29, 0.717) is 6.54 Å². The average molecular weight is 345 g/mol. The molecule has 2 aliphatic heterocycles. The number of fused-ring (bicyclic) bond motifs is 1. The van der Waals surface area contributed by atoms with E-state index in [1.54, 1.807) is 20.8 Å². The van der Waals surface area contributed by atoms with Crippen LogP contribution in [0, 0.1) is 18.8 Å². The Balaban J connectivity index is 2.11. The number of ether oxygens (including phenoxy) is 1. The molecule has 1 aromatic carbocycles. The highest BCUT2D eigenvalue weighted by Gasteiger charge is 2.70. The maximum atomic E-state index is 12.9. The SMILES string of the molecule is CCOC(=O)[C@]1(C)[NH2+][C@@H](c2ccccc2C)[C@@H]2C(=O)N(CC)C(=O)[C@H]21. The largest absolute Gasteiger partial charge is 0.461 e. The van der Waals surface area contributed by atoms with Crippen molar-refractivity contribution >= 4 is 17.8 Å². The van der Waals surface area contributed by atoms with E-state index in [-0.39, 0.29) is 24.5 Å². The zero-order chi connectivity index (χ0) is 18.4. The average Bonchev–Trinajstić information content (AvgIpc) is 3.03. The van der Waals surface area contributed by atoms with Crippen LogP contribution >= 0.6 is 0 Å². The van der Waals surface area contributed by atoms with E-state index < -0.39 is 23.3 Å². The highest BCUT2D eigenvalue weighted by molar-refractivity contribution is 6.08. The summed E-state index contributed by atoms with van der Waals surface area (Å²) in [5.74, 6) is -2.11. The molecule has 0 unspecified atom stereocenters. The fourth-order valence-electron chi connectivity index (χ4n) is 4.36. The van der Waals surface area contributed by atoms with Crippen molar-refractivity contribution in [2.24, 2.45) is 11.8 Å². The third-order valence-electron chi connectivity index (χ3n) is 5.58. The summed E-state index contributed by atoms with van der Waals surface area (Å²) in [7, 11) is 0. The zero-order valence-corrected chi connectivity index (χ0v) is 15.1. The molecular formula is C19H25N2O4+. The summed E-state index contributed by atoms with van der Waals surface area (Å²) in [5, 5.41) is 1.87. The Kier molecular flexibility index (Phi) is 4.41. The van der Waals surface area contributed by atoms with Crippen LogP contribution in [0.15, 0.2) is 24.3 Å². The van der Waals surface area contributed by atoms with Gasteiger partial charge in [-0.3, -0.25) is 14.5 Å². The summed E-state index contributed by atoms with van der Waals surface area (Å²) >= 11 is 0. The van der Waals surface area contributed by atoms with Crippen LogP contribution < -0.4 is 5.32 Å². The van der Waals surface area contributed by atoms with Gasteiger partial charge in [0.15, 0.2) is 0 Å². The number of nitrogens with zero attached hydrogens (tertiary/aromatic N) is 1. The number of hydrogen-bond donors (Lipinski definition) is 1. The summed E-state index contributed by atoms with van der Waals surface area (Å²) in [6.07, 6.45) is 0. The smallest absolute Gasteiger partial charge is 0.368 e. The lowest BCUT2D eigenvalue weighted by atomic mass is 9.80. The molecule has 0 aliphatic carbocycles. The number of nitrogens with two attached hydrogens (primary N) is 1. The zero-order valence-electron chi connectivity index (χ0n) is 15.1. The number of hydrogen-bond acceptors (Lipinski definition) is 4. The van der Waals surface area contributed by atoms with Gasteiger partial charge in [0.25, 0.3) is 0 Å². The minimum Gasteiger partial charge on any atom is -0.461 e. The monoisotopic (exact) mass is 345 g/mol. The molecular weight excluding hydrogens is 320 g/mol. The summed E-state index contributed by atoms with van der Waals surface area (Å²) in [5.41, 5.74) is 0.944. The lowest BCUT2D eigenvalue weighted by Crippen LogP contribution is -2.97. The first-order valence-corrected chi connectivity index (χ1v) is 8.80. The number of benzene rings is 1. The molecule has 0 bridgehead atoms. The maximum Gasteiger partial charge on any atom is 0.368 e. The highest BCUT2D eigenvalue weighted by atomic mass is 16.5. The Morgan fingerprint density at radius 3 is 2.52 bits per heavy atom. The van der Waals surface area contributed by atoms with Crippen LogP contribution in [0.1, 0.15) is 37.9 Å². The van der Waals surface area contributed by atoms with Crippen molar-refractivity contribution in [3.05, 3.63) is 35.4 Å². The molecule has 2 heterocycles. The quantitative estimate of drug-likeness (QED) is 0.639. The van der Waals surface area contributed by atoms with Crippen molar-refractivity contribution in [2.45, 2.75) is 39.3 Å². The van der Waals surface area contributed by atoms with Crippen LogP contribution in [0.25, 0.3) is 0 Å². The number of rotatable bonds is 4. The van der Waals surface area contributed by atoms with Gasteiger partial charge in [-0.2, -0.15) is 0 Å². The van der Waals surface area contributed by atoms with Crippen molar-refractivity contribution < 1.29 is 24.4 Å². The second kappa shape index (κ2) is 6.26. The molecule has 2 N–H and O–H groups in total. The summed E-state index contributed by atoms with van der Waals surface area (Å²) in [6, 6.07) is 7.54. The van der Waals surface area contributed by atoms with Gasteiger partial charge in [0.05, 0.1) is 6.61 Å². The number of imide groups is 1. The van der Waals surface area contributed by atoms with Crippen molar-refractivity contribution in [2.75, 3.05) is 13.2 Å². The molecule has 3 rings (SSSR count). The molecule has 4 atom stereocenters. The lowest BCUT2D eigenvalue weighted by molar-refractivity contribution is -0.731. The number of aryl methyl sites for hydroxylation is 1. The van der Waals surface area contributed by atoms with Gasteiger partial charge >= 0.3 is 5.97 Å². The molecule has 2 saturated heterocycles. The van der Waals surface area contributed by atoms with Gasteiger partial charge in [-0.25, -0.2) is 4.79 Å². The Labute approximate surface area is 147 Å². The van der Waals surface area contributed by atoms with Crippen molar-refractivity contribution in [1.82, 2.24) is 4.90 Å². The Morgan fingerprint density at radius 1 is 1.24 bits per heavy atom. The molecule has 1 aromatic rings. The van der Waals surface area contributed by atoms with Crippen LogP contribution in [-0.2, 0) is 19.1 Å². The fourth-order valence-corrected chi connectivity index (χ4v) is 4.36. The van der Waals surface area contributed by atoms with E-state index in [1.165, 1.54) is 4.90 Å². The maximum absolute atomic E-state index is 12.9. The molecule has 134 valence electrons. The summed E-state index contributed by atoms with van der Waals surface area (Å²) < 4.78 is 5.25. The predicted molar refractivity (Wildman–Crippen MR) is 90.3 cm³/mol. The standard InChI is InChI=1S/C19H24N2O4/c1-5-21-16(22)13-14(17(21)23)19(4,18(24)25-6-2)20-15(13)12-10-8-7-9-11(12)3/h7-10,13-15,20H,5-6H2,1-4H3/p+1/t13-,14+,15+,19-/m1/s1. The van der Waals surface area contributed by atoms with Crippen LogP contribution in [0.3, 0.4) is 0 Å². The summed E-state index contributed by atoms with van der Waals surface area (Å²) in [4.78, 5) is 39.8. The van der Waals surface area contributed by atoms with E-state index in [2.05, 4.69) is 0 Å². The molecule has 0 spiro atoms. The Bertz CT molecular complexity index is 732. The Morgan fingerprint density at radius 2 is 1.92 bits per heavy atom. The van der Waals surface area contributed by atoms with Gasteiger partial charge < -0.3 is 10.1 Å². The molecule has 0 aromatic heterocycles. The summed E-state index contributed by atoms with van der Waals surface area (Å²) in [6.45, 7) is 7.80. The number of carbonyl (C=O) groups is 3. The minimum absolute atomic E-state index is 0.185. The molecule has 25 heavy (non-hydrogen) atoms. The van der Waals surface area contributed by atoms with E-state index >= 15 is 0 Å². The third-order valence-corrected chi connectivity index (χ3v) is 5.58. The van der Waals surface area contributed by atoms with Crippen molar-refractivity contribution in [3.63, 3.8) is 0 Å². The Hall–Kier alpha value is -2.21. The number of amides is 2. The number of carbonyl (C=O) groups excluding carboxylic acids is 3. The van der Waals surface area contributed by atoms with E-state index in [9.17, 15) is 14.4 Å². The van der Waals surface area contributed by atoms with E-state index in [4.69, 9.17) is 4.74 Å². The highest BCUT2D eigenvalue weighted by Crippen LogP contribution is 2.44. The van der Waals surface area contributed by atoms with Gasteiger partial charge in [0, 0.05) is 19.0 Å². The lowest BCUT2D eigenvalue weighted by Gasteiger charge is -2.26. The van der Waals surface area contributed by atoms with Crippen molar-refractivity contribution in [1.29, 1.82) is 0 Å². The topological polar surface area (TPSA) is 80.3 Å². The van der Waals surface area contributed by atoms with E-state index in [1.807, 2.05) is 36.5 Å². The number of quaternary nitrogens is 1. The normalized spacial score (nSPS) is 31.4. The minimum atomic E-state index is -1.09. The third kappa shape index (κ3) is 2.47. The molecule has 2 amide bonds.